The predicted molar refractivity (Wildman–Crippen MR) is 122 cm³/mol. The molecule has 1 amide bonds. The molecule has 0 aliphatic carbocycles. The van der Waals surface area contributed by atoms with Crippen LogP contribution in [0.1, 0.15) is 36.1 Å². The maximum atomic E-state index is 12.9. The van der Waals surface area contributed by atoms with Gasteiger partial charge < -0.3 is 9.88 Å². The first-order valence-electron chi connectivity index (χ1n) is 10.4. The molecule has 2 heterocycles. The summed E-state index contributed by atoms with van der Waals surface area (Å²) in [5, 5.41) is 7.53. The molecule has 0 saturated heterocycles. The van der Waals surface area contributed by atoms with Gasteiger partial charge in [-0.25, -0.2) is 4.52 Å². The van der Waals surface area contributed by atoms with Gasteiger partial charge in [0.1, 0.15) is 5.52 Å². The molecule has 1 N–H and O–H groups in total. The summed E-state index contributed by atoms with van der Waals surface area (Å²) >= 11 is 0. The molecule has 2 aromatic carbocycles. The lowest BCUT2D eigenvalue weighted by molar-refractivity contribution is -0.121. The van der Waals surface area contributed by atoms with Gasteiger partial charge in [-0.2, -0.15) is 5.10 Å². The number of rotatable bonds is 6. The van der Waals surface area contributed by atoms with Gasteiger partial charge >= 0.3 is 0 Å². The minimum Gasteiger partial charge on any atom is -0.350 e. The maximum absolute atomic E-state index is 12.9. The molecule has 0 unspecified atom stereocenters. The van der Waals surface area contributed by atoms with Gasteiger partial charge in [0.2, 0.25) is 5.91 Å². The van der Waals surface area contributed by atoms with Crippen molar-refractivity contribution in [1.82, 2.24) is 19.5 Å². The Morgan fingerprint density at radius 2 is 1.81 bits per heavy atom. The van der Waals surface area contributed by atoms with Gasteiger partial charge in [-0.3, -0.25) is 9.59 Å². The average molecular weight is 415 g/mol. The number of nitrogens with zero attached hydrogens (tertiary/aromatic N) is 3. The number of aromatic nitrogens is 3. The zero-order valence-electron chi connectivity index (χ0n) is 18.0. The Morgan fingerprint density at radius 1 is 1.03 bits per heavy atom. The van der Waals surface area contributed by atoms with Crippen LogP contribution in [0.4, 0.5) is 0 Å². The summed E-state index contributed by atoms with van der Waals surface area (Å²) < 4.78 is 3.16. The molecule has 0 fully saturated rings. The van der Waals surface area contributed by atoms with Gasteiger partial charge in [-0.1, -0.05) is 42.5 Å². The summed E-state index contributed by atoms with van der Waals surface area (Å²) in [6.07, 6.45) is 3.66. The zero-order valence-corrected chi connectivity index (χ0v) is 18.0. The van der Waals surface area contributed by atoms with Crippen molar-refractivity contribution in [2.75, 3.05) is 0 Å². The lowest BCUT2D eigenvalue weighted by Gasteiger charge is -2.14. The molecule has 6 heteroatoms. The molecule has 4 aromatic rings. The molecule has 4 rings (SSSR count). The highest BCUT2D eigenvalue weighted by atomic mass is 16.2. The molecule has 0 aliphatic rings. The molecule has 0 aliphatic heterocycles. The Morgan fingerprint density at radius 3 is 2.55 bits per heavy atom. The van der Waals surface area contributed by atoms with E-state index in [1.54, 1.807) is 27.5 Å². The lowest BCUT2D eigenvalue weighted by atomic mass is 10.0. The zero-order chi connectivity index (χ0) is 22.0. The molecule has 0 radical (unpaired) electrons. The number of amides is 1. The number of fused-ring (bicyclic) bond motifs is 1. The first-order valence-corrected chi connectivity index (χ1v) is 10.4. The molecular formula is C25H26N4O2. The van der Waals surface area contributed by atoms with E-state index in [9.17, 15) is 9.59 Å². The third-order valence-electron chi connectivity index (χ3n) is 5.66. The molecule has 0 spiro atoms. The van der Waals surface area contributed by atoms with E-state index < -0.39 is 0 Å². The molecule has 0 saturated carbocycles. The van der Waals surface area contributed by atoms with Crippen LogP contribution in [0.3, 0.4) is 0 Å². The smallest absolute Gasteiger partial charge is 0.276 e. The van der Waals surface area contributed by atoms with Crippen molar-refractivity contribution in [2.45, 2.75) is 39.8 Å². The van der Waals surface area contributed by atoms with Crippen molar-refractivity contribution >= 4 is 11.4 Å². The summed E-state index contributed by atoms with van der Waals surface area (Å²) in [6, 6.07) is 17.7. The van der Waals surface area contributed by atoms with E-state index in [1.807, 2.05) is 43.3 Å². The quantitative estimate of drug-likeness (QED) is 0.518. The molecule has 2 aromatic heterocycles. The van der Waals surface area contributed by atoms with Gasteiger partial charge in [0.25, 0.3) is 5.56 Å². The average Bonchev–Trinajstić information content (AvgIpc) is 3.21. The highest BCUT2D eigenvalue weighted by molar-refractivity contribution is 5.76. The number of aryl methyl sites for hydroxylation is 3. The number of hydrogen-bond donors (Lipinski definition) is 1. The summed E-state index contributed by atoms with van der Waals surface area (Å²) in [5.74, 6) is -0.0903. The number of hydrogen-bond acceptors (Lipinski definition) is 3. The number of carbonyl (C=O) groups excluding carboxylic acids is 1. The van der Waals surface area contributed by atoms with E-state index in [-0.39, 0.29) is 23.9 Å². The van der Waals surface area contributed by atoms with Gasteiger partial charge in [0.15, 0.2) is 0 Å². The van der Waals surface area contributed by atoms with Crippen molar-refractivity contribution in [3.8, 4) is 11.3 Å². The van der Waals surface area contributed by atoms with Crippen LogP contribution in [0, 0.1) is 13.8 Å². The second-order valence-corrected chi connectivity index (χ2v) is 7.91. The Hall–Kier alpha value is -3.67. The minimum absolute atomic E-state index is 0.0803. The van der Waals surface area contributed by atoms with E-state index in [2.05, 4.69) is 36.4 Å². The highest BCUT2D eigenvalue weighted by Gasteiger charge is 2.12. The van der Waals surface area contributed by atoms with Crippen LogP contribution >= 0.6 is 0 Å². The van der Waals surface area contributed by atoms with Crippen LogP contribution in [-0.2, 0) is 11.3 Å². The van der Waals surface area contributed by atoms with Crippen LogP contribution in [0.15, 0.2) is 71.8 Å². The Kier molecular flexibility index (Phi) is 5.71. The maximum Gasteiger partial charge on any atom is 0.276 e. The third-order valence-corrected chi connectivity index (χ3v) is 5.66. The summed E-state index contributed by atoms with van der Waals surface area (Å²) in [6.45, 7) is 6.39. The molecule has 0 bridgehead atoms. The number of benzene rings is 2. The van der Waals surface area contributed by atoms with Crippen molar-refractivity contribution in [3.05, 3.63) is 94.0 Å². The molecular weight excluding hydrogens is 388 g/mol. The Bertz CT molecular complexity index is 1290. The minimum atomic E-state index is -0.158. The topological polar surface area (TPSA) is 68.4 Å². The monoisotopic (exact) mass is 414 g/mol. The standard InChI is InChI=1S/C25H26N4O2/c1-17-9-10-21(15-18(17)2)22-16-23-25(31)28(13-14-29(23)27-22)12-11-24(30)26-19(3)20-7-5-4-6-8-20/h4-10,13-16,19H,11-12H2,1-3H3,(H,26,30)/t19-/m0/s1. The van der Waals surface area contributed by atoms with Crippen LogP contribution in [0.25, 0.3) is 16.8 Å². The van der Waals surface area contributed by atoms with E-state index in [0.717, 1.165) is 16.8 Å². The fourth-order valence-corrected chi connectivity index (χ4v) is 3.60. The van der Waals surface area contributed by atoms with Gasteiger partial charge in [-0.05, 0) is 49.6 Å². The van der Waals surface area contributed by atoms with Gasteiger partial charge in [-0.15, -0.1) is 0 Å². The molecule has 1 atom stereocenters. The van der Waals surface area contributed by atoms with Gasteiger partial charge in [0, 0.05) is 30.9 Å². The van der Waals surface area contributed by atoms with Crippen LogP contribution in [-0.4, -0.2) is 20.1 Å². The van der Waals surface area contributed by atoms with Crippen LogP contribution < -0.4 is 10.9 Å². The van der Waals surface area contributed by atoms with Crippen molar-refractivity contribution < 1.29 is 4.79 Å². The van der Waals surface area contributed by atoms with E-state index in [0.29, 0.717) is 12.1 Å². The van der Waals surface area contributed by atoms with E-state index >= 15 is 0 Å². The summed E-state index contributed by atoms with van der Waals surface area (Å²) in [4.78, 5) is 25.3. The third kappa shape index (κ3) is 4.43. The normalized spacial score (nSPS) is 12.1. The van der Waals surface area contributed by atoms with Crippen LogP contribution in [0.2, 0.25) is 0 Å². The van der Waals surface area contributed by atoms with Crippen LogP contribution in [0.5, 0.6) is 0 Å². The second-order valence-electron chi connectivity index (χ2n) is 7.91. The fraction of sp³-hybridized carbons (Fsp3) is 0.240. The van der Waals surface area contributed by atoms with Crippen molar-refractivity contribution in [3.63, 3.8) is 0 Å². The SMILES string of the molecule is Cc1ccc(-c2cc3c(=O)n(CCC(=O)N[C@@H](C)c4ccccc4)ccn3n2)cc1C. The summed E-state index contributed by atoms with van der Waals surface area (Å²) in [7, 11) is 0. The molecule has 6 nitrogen and oxygen atoms in total. The van der Waals surface area contributed by atoms with Crippen molar-refractivity contribution in [2.24, 2.45) is 0 Å². The fourth-order valence-electron chi connectivity index (χ4n) is 3.60. The number of nitrogens with one attached hydrogen (secondary N) is 1. The van der Waals surface area contributed by atoms with Crippen molar-refractivity contribution in [1.29, 1.82) is 0 Å². The van der Waals surface area contributed by atoms with E-state index in [1.165, 1.54) is 11.1 Å². The predicted octanol–water partition coefficient (Wildman–Crippen LogP) is 4.05. The first kappa shape index (κ1) is 20.6. The van der Waals surface area contributed by atoms with E-state index in [4.69, 9.17) is 0 Å². The highest BCUT2D eigenvalue weighted by Crippen LogP contribution is 2.21. The Balaban J connectivity index is 1.48. The molecule has 31 heavy (non-hydrogen) atoms. The Labute approximate surface area is 181 Å². The largest absolute Gasteiger partial charge is 0.350 e. The summed E-state index contributed by atoms with van der Waals surface area (Å²) in [5.41, 5.74) is 5.52. The van der Waals surface area contributed by atoms with Gasteiger partial charge in [0.05, 0.1) is 11.7 Å². The number of carbonyl (C=O) groups is 1. The first-order chi connectivity index (χ1) is 14.9. The molecule has 158 valence electrons. The second kappa shape index (κ2) is 8.60. The lowest BCUT2D eigenvalue weighted by Crippen LogP contribution is -2.29.